The number of hydrogen-bond acceptors (Lipinski definition) is 2. The highest BCUT2D eigenvalue weighted by molar-refractivity contribution is 5.93. The number of nitrogens with zero attached hydrogens (tertiary/aromatic N) is 3. The van der Waals surface area contributed by atoms with E-state index in [0.717, 1.165) is 29.4 Å². The van der Waals surface area contributed by atoms with E-state index in [-0.39, 0.29) is 17.6 Å². The van der Waals surface area contributed by atoms with Gasteiger partial charge >= 0.3 is 0 Å². The summed E-state index contributed by atoms with van der Waals surface area (Å²) >= 11 is 0. The molecule has 0 saturated heterocycles. The van der Waals surface area contributed by atoms with Gasteiger partial charge < -0.3 is 4.57 Å². The lowest BCUT2D eigenvalue weighted by atomic mass is 10.1. The van der Waals surface area contributed by atoms with Crippen molar-refractivity contribution in [3.63, 3.8) is 0 Å². The van der Waals surface area contributed by atoms with Gasteiger partial charge in [0.1, 0.15) is 17.3 Å². The van der Waals surface area contributed by atoms with E-state index in [0.29, 0.717) is 23.4 Å². The van der Waals surface area contributed by atoms with Gasteiger partial charge in [0.15, 0.2) is 0 Å². The lowest BCUT2D eigenvalue weighted by Crippen LogP contribution is -2.01. The summed E-state index contributed by atoms with van der Waals surface area (Å²) < 4.78 is 30.5. The van der Waals surface area contributed by atoms with Gasteiger partial charge in [-0.25, -0.2) is 13.8 Å². The van der Waals surface area contributed by atoms with Crippen LogP contribution in [0.15, 0.2) is 61.1 Å². The molecule has 4 aromatic rings. The molecule has 0 unspecified atom stereocenters. The quantitative estimate of drug-likeness (QED) is 0.494. The molecule has 1 saturated carbocycles. The van der Waals surface area contributed by atoms with Crippen molar-refractivity contribution in [2.24, 2.45) is 0 Å². The Bertz CT molecular complexity index is 1150. The molecule has 5 heteroatoms. The van der Waals surface area contributed by atoms with Gasteiger partial charge in [-0.2, -0.15) is 0 Å². The maximum absolute atomic E-state index is 14.5. The number of aromatic nitrogens is 3. The first-order valence-electron chi connectivity index (χ1n) is 9.04. The van der Waals surface area contributed by atoms with Crippen LogP contribution < -0.4 is 0 Å². The first kappa shape index (κ1) is 16.1. The van der Waals surface area contributed by atoms with Crippen LogP contribution in [0.1, 0.15) is 30.0 Å². The minimum Gasteiger partial charge on any atom is -0.327 e. The highest BCUT2D eigenvalue weighted by Gasteiger charge is 2.28. The molecule has 3 nitrogen and oxygen atoms in total. The van der Waals surface area contributed by atoms with Crippen molar-refractivity contribution < 1.29 is 8.78 Å². The molecule has 5 rings (SSSR count). The SMILES string of the molecule is Fc1ccccc1Cn1cc(-c2cnc(C3CC3)c(F)c2)c2cccnc21. The molecule has 0 spiro atoms. The summed E-state index contributed by atoms with van der Waals surface area (Å²) in [5.74, 6) is -0.240. The Kier molecular flexibility index (Phi) is 3.74. The molecule has 0 atom stereocenters. The average molecular weight is 361 g/mol. The molecule has 134 valence electrons. The van der Waals surface area contributed by atoms with Crippen LogP contribution >= 0.6 is 0 Å². The molecule has 0 aliphatic heterocycles. The first-order chi connectivity index (χ1) is 13.2. The number of benzene rings is 1. The summed E-state index contributed by atoms with van der Waals surface area (Å²) in [6.45, 7) is 0.357. The number of halogens is 2. The Morgan fingerprint density at radius 2 is 1.85 bits per heavy atom. The maximum atomic E-state index is 14.5. The number of rotatable bonds is 4. The fourth-order valence-electron chi connectivity index (χ4n) is 3.54. The molecule has 1 aromatic carbocycles. The van der Waals surface area contributed by atoms with E-state index >= 15 is 0 Å². The van der Waals surface area contributed by atoms with Gasteiger partial charge in [0.2, 0.25) is 0 Å². The van der Waals surface area contributed by atoms with Crippen molar-refractivity contribution in [2.75, 3.05) is 0 Å². The highest BCUT2D eigenvalue weighted by atomic mass is 19.1. The van der Waals surface area contributed by atoms with Crippen LogP contribution in [0.2, 0.25) is 0 Å². The summed E-state index contributed by atoms with van der Waals surface area (Å²) in [4.78, 5) is 8.82. The predicted octanol–water partition coefficient (Wildman–Crippen LogP) is 5.30. The van der Waals surface area contributed by atoms with Gasteiger partial charge in [-0.15, -0.1) is 0 Å². The highest BCUT2D eigenvalue weighted by Crippen LogP contribution is 2.41. The molecule has 3 heterocycles. The summed E-state index contributed by atoms with van der Waals surface area (Å²) in [6.07, 6.45) is 7.35. The Balaban J connectivity index is 1.61. The van der Waals surface area contributed by atoms with Crippen LogP contribution in [0.4, 0.5) is 8.78 Å². The van der Waals surface area contributed by atoms with Gasteiger partial charge in [0, 0.05) is 46.6 Å². The lowest BCUT2D eigenvalue weighted by molar-refractivity contribution is 0.600. The average Bonchev–Trinajstić information content (AvgIpc) is 3.46. The van der Waals surface area contributed by atoms with E-state index in [1.807, 2.05) is 29.0 Å². The normalized spacial score (nSPS) is 14.0. The van der Waals surface area contributed by atoms with E-state index in [4.69, 9.17) is 0 Å². The molecule has 1 fully saturated rings. The van der Waals surface area contributed by atoms with Crippen LogP contribution in [-0.4, -0.2) is 14.5 Å². The molecule has 1 aliphatic rings. The van der Waals surface area contributed by atoms with Crippen LogP contribution in [0.3, 0.4) is 0 Å². The molecule has 27 heavy (non-hydrogen) atoms. The summed E-state index contributed by atoms with van der Waals surface area (Å²) in [5, 5.41) is 0.897. The summed E-state index contributed by atoms with van der Waals surface area (Å²) in [5.41, 5.74) is 3.44. The Hall–Kier alpha value is -3.08. The largest absolute Gasteiger partial charge is 0.327 e. The third-order valence-corrected chi connectivity index (χ3v) is 5.08. The second kappa shape index (κ2) is 6.27. The maximum Gasteiger partial charge on any atom is 0.145 e. The van der Waals surface area contributed by atoms with Crippen molar-refractivity contribution in [3.8, 4) is 11.1 Å². The van der Waals surface area contributed by atoms with Crippen molar-refractivity contribution in [1.29, 1.82) is 0 Å². The van der Waals surface area contributed by atoms with Crippen molar-refractivity contribution in [1.82, 2.24) is 14.5 Å². The molecule has 1 aliphatic carbocycles. The van der Waals surface area contributed by atoms with Gasteiger partial charge in [-0.05, 0) is 37.1 Å². The lowest BCUT2D eigenvalue weighted by Gasteiger charge is -2.05. The van der Waals surface area contributed by atoms with Crippen LogP contribution in [0, 0.1) is 11.6 Å². The monoisotopic (exact) mass is 361 g/mol. The Morgan fingerprint density at radius 3 is 2.63 bits per heavy atom. The minimum absolute atomic E-state index is 0.252. The number of fused-ring (bicyclic) bond motifs is 1. The van der Waals surface area contributed by atoms with Gasteiger partial charge in [0.05, 0.1) is 12.2 Å². The second-order valence-corrected chi connectivity index (χ2v) is 7.00. The van der Waals surface area contributed by atoms with Crippen molar-refractivity contribution in [2.45, 2.75) is 25.3 Å². The zero-order chi connectivity index (χ0) is 18.4. The van der Waals surface area contributed by atoms with Crippen LogP contribution in [0.5, 0.6) is 0 Å². The molecule has 0 amide bonds. The van der Waals surface area contributed by atoms with E-state index in [1.54, 1.807) is 30.6 Å². The topological polar surface area (TPSA) is 30.7 Å². The second-order valence-electron chi connectivity index (χ2n) is 7.00. The Labute approximate surface area is 155 Å². The third kappa shape index (κ3) is 2.89. The van der Waals surface area contributed by atoms with E-state index in [9.17, 15) is 8.78 Å². The van der Waals surface area contributed by atoms with Gasteiger partial charge in [-0.3, -0.25) is 4.98 Å². The molecular formula is C22H17F2N3. The van der Waals surface area contributed by atoms with E-state index in [1.165, 1.54) is 6.07 Å². The number of pyridine rings is 2. The molecule has 3 aromatic heterocycles. The van der Waals surface area contributed by atoms with Crippen LogP contribution in [-0.2, 0) is 6.54 Å². The first-order valence-corrected chi connectivity index (χ1v) is 9.04. The summed E-state index contributed by atoms with van der Waals surface area (Å²) in [7, 11) is 0. The third-order valence-electron chi connectivity index (χ3n) is 5.08. The van der Waals surface area contributed by atoms with Crippen molar-refractivity contribution in [3.05, 3.63) is 83.9 Å². The van der Waals surface area contributed by atoms with Gasteiger partial charge in [0.25, 0.3) is 0 Å². The Morgan fingerprint density at radius 1 is 1.00 bits per heavy atom. The van der Waals surface area contributed by atoms with Crippen molar-refractivity contribution >= 4 is 11.0 Å². The summed E-state index contributed by atoms with van der Waals surface area (Å²) in [6, 6.07) is 12.0. The smallest absolute Gasteiger partial charge is 0.145 e. The van der Waals surface area contributed by atoms with E-state index < -0.39 is 0 Å². The zero-order valence-electron chi connectivity index (χ0n) is 14.6. The van der Waals surface area contributed by atoms with E-state index in [2.05, 4.69) is 9.97 Å². The molecule has 0 radical (unpaired) electrons. The molecular weight excluding hydrogens is 344 g/mol. The molecule has 0 N–H and O–H groups in total. The van der Waals surface area contributed by atoms with Gasteiger partial charge in [-0.1, -0.05) is 18.2 Å². The molecule has 0 bridgehead atoms. The zero-order valence-corrected chi connectivity index (χ0v) is 14.6. The fraction of sp³-hybridized carbons (Fsp3) is 0.182. The number of hydrogen-bond donors (Lipinski definition) is 0. The minimum atomic E-state index is -0.256. The predicted molar refractivity (Wildman–Crippen MR) is 100 cm³/mol. The van der Waals surface area contributed by atoms with Crippen LogP contribution in [0.25, 0.3) is 22.2 Å². The standard InChI is InChI=1S/C22H17F2N3/c23-19-6-2-1-4-15(19)12-27-13-18(17-5-3-9-25-22(17)27)16-10-20(24)21(26-11-16)14-7-8-14/h1-6,9-11,13-14H,7-8,12H2. The fourth-order valence-corrected chi connectivity index (χ4v) is 3.54.